The summed E-state index contributed by atoms with van der Waals surface area (Å²) >= 11 is 0. The van der Waals surface area contributed by atoms with Crippen LogP contribution in [0.2, 0.25) is 0 Å². The summed E-state index contributed by atoms with van der Waals surface area (Å²) in [6, 6.07) is 11.3. The Morgan fingerprint density at radius 1 is 0.941 bits per heavy atom. The standard InChI is InChI=1S/C22H16F4N4O4/c1-12-6-7-13(10-18(12)27-21(32)15-4-2-3-5-16(15)23)20(31)29-28-17-9-8-14(22(24,25)26)11-19(17)30(33)34/h2-11,28H,1H3,(H,27,32)(H,29,31). The van der Waals surface area contributed by atoms with Gasteiger partial charge in [0.1, 0.15) is 11.5 Å². The third kappa shape index (κ3) is 5.46. The summed E-state index contributed by atoms with van der Waals surface area (Å²) in [6.07, 6.45) is -4.78. The summed E-state index contributed by atoms with van der Waals surface area (Å²) in [5, 5.41) is 13.7. The summed E-state index contributed by atoms with van der Waals surface area (Å²) in [7, 11) is 0. The lowest BCUT2D eigenvalue weighted by molar-refractivity contribution is -0.384. The predicted octanol–water partition coefficient (Wildman–Crippen LogP) is 5.07. The molecule has 176 valence electrons. The van der Waals surface area contributed by atoms with Gasteiger partial charge in [0.15, 0.2) is 0 Å². The zero-order valence-electron chi connectivity index (χ0n) is 17.4. The first-order chi connectivity index (χ1) is 16.0. The summed E-state index contributed by atoms with van der Waals surface area (Å²) in [4.78, 5) is 35.0. The van der Waals surface area contributed by atoms with E-state index in [1.54, 1.807) is 6.92 Å². The highest BCUT2D eigenvalue weighted by Crippen LogP contribution is 2.34. The number of aryl methyl sites for hydroxylation is 1. The molecular formula is C22H16F4N4O4. The topological polar surface area (TPSA) is 113 Å². The number of nitrogens with zero attached hydrogens (tertiary/aromatic N) is 1. The summed E-state index contributed by atoms with van der Waals surface area (Å²) in [5.74, 6) is -2.26. The molecular weight excluding hydrogens is 460 g/mol. The summed E-state index contributed by atoms with van der Waals surface area (Å²) in [5.41, 5.74) is 2.50. The highest BCUT2D eigenvalue weighted by molar-refractivity contribution is 6.05. The van der Waals surface area contributed by atoms with Crippen molar-refractivity contribution in [2.24, 2.45) is 0 Å². The largest absolute Gasteiger partial charge is 0.416 e. The second-order valence-electron chi connectivity index (χ2n) is 7.03. The number of nitro benzene ring substituents is 1. The molecule has 12 heteroatoms. The maximum Gasteiger partial charge on any atom is 0.416 e. The lowest BCUT2D eigenvalue weighted by atomic mass is 10.1. The fourth-order valence-electron chi connectivity index (χ4n) is 2.89. The van der Waals surface area contributed by atoms with Crippen LogP contribution in [0.3, 0.4) is 0 Å². The quantitative estimate of drug-likeness (QED) is 0.261. The Hall–Kier alpha value is -4.48. The molecule has 0 spiro atoms. The normalized spacial score (nSPS) is 11.0. The average molecular weight is 476 g/mol. The predicted molar refractivity (Wildman–Crippen MR) is 115 cm³/mol. The molecule has 8 nitrogen and oxygen atoms in total. The molecule has 3 N–H and O–H groups in total. The van der Waals surface area contributed by atoms with Crippen LogP contribution in [0.15, 0.2) is 60.7 Å². The molecule has 3 aromatic carbocycles. The minimum Gasteiger partial charge on any atom is -0.322 e. The van der Waals surface area contributed by atoms with Crippen molar-refractivity contribution in [1.82, 2.24) is 5.43 Å². The van der Waals surface area contributed by atoms with Crippen LogP contribution in [0.4, 0.5) is 34.6 Å². The van der Waals surface area contributed by atoms with Gasteiger partial charge >= 0.3 is 6.18 Å². The number of carbonyl (C=O) groups excluding carboxylic acids is 2. The van der Waals surface area contributed by atoms with Gasteiger partial charge in [-0.15, -0.1) is 0 Å². The lowest BCUT2D eigenvalue weighted by Crippen LogP contribution is -2.30. The van der Waals surface area contributed by atoms with Gasteiger partial charge in [-0.2, -0.15) is 13.2 Å². The average Bonchev–Trinajstić information content (AvgIpc) is 2.78. The van der Waals surface area contributed by atoms with Crippen LogP contribution < -0.4 is 16.2 Å². The molecule has 0 unspecified atom stereocenters. The number of benzene rings is 3. The van der Waals surface area contributed by atoms with E-state index in [1.165, 1.54) is 36.4 Å². The second kappa shape index (κ2) is 9.57. The van der Waals surface area contributed by atoms with Gasteiger partial charge in [0, 0.05) is 17.3 Å². The Labute approximate surface area is 189 Å². The fraction of sp³-hybridized carbons (Fsp3) is 0.0909. The van der Waals surface area contributed by atoms with E-state index in [0.717, 1.165) is 12.1 Å². The molecule has 3 rings (SSSR count). The lowest BCUT2D eigenvalue weighted by Gasteiger charge is -2.13. The van der Waals surface area contributed by atoms with E-state index in [0.29, 0.717) is 17.7 Å². The molecule has 0 aromatic heterocycles. The van der Waals surface area contributed by atoms with Crippen molar-refractivity contribution in [3.63, 3.8) is 0 Å². The molecule has 0 saturated carbocycles. The van der Waals surface area contributed by atoms with Crippen LogP contribution in [0.1, 0.15) is 31.8 Å². The van der Waals surface area contributed by atoms with Crippen molar-refractivity contribution in [1.29, 1.82) is 0 Å². The number of anilines is 2. The van der Waals surface area contributed by atoms with E-state index >= 15 is 0 Å². The Balaban J connectivity index is 1.77. The van der Waals surface area contributed by atoms with Gasteiger partial charge in [0.05, 0.1) is 16.1 Å². The highest BCUT2D eigenvalue weighted by Gasteiger charge is 2.33. The van der Waals surface area contributed by atoms with Crippen LogP contribution in [0.25, 0.3) is 0 Å². The van der Waals surface area contributed by atoms with Crippen molar-refractivity contribution in [2.75, 3.05) is 10.7 Å². The Morgan fingerprint density at radius 2 is 1.65 bits per heavy atom. The smallest absolute Gasteiger partial charge is 0.322 e. The molecule has 0 radical (unpaired) electrons. The van der Waals surface area contributed by atoms with Gasteiger partial charge in [-0.25, -0.2) is 4.39 Å². The zero-order valence-corrected chi connectivity index (χ0v) is 17.4. The van der Waals surface area contributed by atoms with Gasteiger partial charge in [-0.1, -0.05) is 18.2 Å². The minimum absolute atomic E-state index is 0.0106. The third-order valence-corrected chi connectivity index (χ3v) is 4.70. The van der Waals surface area contributed by atoms with Gasteiger partial charge in [-0.3, -0.25) is 30.6 Å². The SMILES string of the molecule is Cc1ccc(C(=O)NNc2ccc(C(F)(F)F)cc2[N+](=O)[O-])cc1NC(=O)c1ccccc1F. The van der Waals surface area contributed by atoms with E-state index in [9.17, 15) is 37.3 Å². The van der Waals surface area contributed by atoms with E-state index in [4.69, 9.17) is 0 Å². The summed E-state index contributed by atoms with van der Waals surface area (Å²) < 4.78 is 52.3. The van der Waals surface area contributed by atoms with Crippen LogP contribution in [0.5, 0.6) is 0 Å². The van der Waals surface area contributed by atoms with Gasteiger partial charge in [-0.05, 0) is 48.9 Å². The number of carbonyl (C=O) groups is 2. The van der Waals surface area contributed by atoms with Crippen molar-refractivity contribution in [3.05, 3.63) is 98.8 Å². The monoisotopic (exact) mass is 476 g/mol. The van der Waals surface area contributed by atoms with E-state index in [-0.39, 0.29) is 22.5 Å². The first-order valence-corrected chi connectivity index (χ1v) is 9.56. The molecule has 0 saturated heterocycles. The number of halogens is 4. The number of alkyl halides is 3. The molecule has 3 aromatic rings. The van der Waals surface area contributed by atoms with Crippen LogP contribution in [-0.4, -0.2) is 16.7 Å². The molecule has 0 atom stereocenters. The highest BCUT2D eigenvalue weighted by atomic mass is 19.4. The maximum absolute atomic E-state index is 13.8. The van der Waals surface area contributed by atoms with Crippen molar-refractivity contribution in [3.8, 4) is 0 Å². The van der Waals surface area contributed by atoms with Crippen molar-refractivity contribution < 1.29 is 32.1 Å². The van der Waals surface area contributed by atoms with E-state index in [2.05, 4.69) is 16.2 Å². The first kappa shape index (κ1) is 24.2. The van der Waals surface area contributed by atoms with Crippen molar-refractivity contribution in [2.45, 2.75) is 13.1 Å². The number of amides is 2. The second-order valence-corrected chi connectivity index (χ2v) is 7.03. The zero-order chi connectivity index (χ0) is 25.0. The number of hydrazine groups is 1. The molecule has 0 heterocycles. The Kier molecular flexibility index (Phi) is 6.80. The molecule has 0 aliphatic heterocycles. The molecule has 2 amide bonds. The number of hydrogen-bond acceptors (Lipinski definition) is 5. The Morgan fingerprint density at radius 3 is 2.29 bits per heavy atom. The van der Waals surface area contributed by atoms with E-state index in [1.807, 2.05) is 0 Å². The number of rotatable bonds is 6. The van der Waals surface area contributed by atoms with Gasteiger partial charge in [0.25, 0.3) is 17.5 Å². The van der Waals surface area contributed by atoms with Crippen LogP contribution >= 0.6 is 0 Å². The minimum atomic E-state index is -4.78. The molecule has 0 bridgehead atoms. The number of nitro groups is 1. The summed E-state index contributed by atoms with van der Waals surface area (Å²) in [6.45, 7) is 1.64. The van der Waals surface area contributed by atoms with Crippen molar-refractivity contribution >= 4 is 28.9 Å². The molecule has 0 aliphatic rings. The molecule has 0 fully saturated rings. The number of nitrogens with one attached hydrogen (secondary N) is 3. The van der Waals surface area contributed by atoms with Gasteiger partial charge in [0.2, 0.25) is 0 Å². The third-order valence-electron chi connectivity index (χ3n) is 4.70. The van der Waals surface area contributed by atoms with E-state index < -0.39 is 40.0 Å². The molecule has 0 aliphatic carbocycles. The maximum atomic E-state index is 13.8. The van der Waals surface area contributed by atoms with Crippen LogP contribution in [0, 0.1) is 22.9 Å². The molecule has 34 heavy (non-hydrogen) atoms. The van der Waals surface area contributed by atoms with Crippen LogP contribution in [-0.2, 0) is 6.18 Å². The first-order valence-electron chi connectivity index (χ1n) is 9.56. The van der Waals surface area contributed by atoms with Gasteiger partial charge < -0.3 is 5.32 Å². The fourth-order valence-corrected chi connectivity index (χ4v) is 2.89. The number of hydrogen-bond donors (Lipinski definition) is 3. The Bertz CT molecular complexity index is 1280.